The van der Waals surface area contributed by atoms with E-state index in [4.69, 9.17) is 0 Å². The van der Waals surface area contributed by atoms with Crippen LogP contribution in [0.25, 0.3) is 0 Å². The zero-order chi connectivity index (χ0) is 11.5. The minimum atomic E-state index is -4.41. The molecular weight excluding hydrogens is 210 g/mol. The Balaban J connectivity index is 2.95. The molecule has 0 aliphatic heterocycles. The van der Waals surface area contributed by atoms with E-state index in [9.17, 15) is 17.6 Å². The first-order valence-electron chi connectivity index (χ1n) is 4.45. The van der Waals surface area contributed by atoms with Crippen LogP contribution < -0.4 is 5.32 Å². The largest absolute Gasteiger partial charge is 0.416 e. The predicted molar refractivity (Wildman–Crippen MR) is 49.0 cm³/mol. The molecule has 0 radical (unpaired) electrons. The van der Waals surface area contributed by atoms with Crippen molar-refractivity contribution in [3.63, 3.8) is 0 Å². The third kappa shape index (κ3) is 3.20. The van der Waals surface area contributed by atoms with Crippen molar-refractivity contribution in [1.29, 1.82) is 0 Å². The van der Waals surface area contributed by atoms with Crippen molar-refractivity contribution >= 4 is 0 Å². The van der Waals surface area contributed by atoms with Crippen molar-refractivity contribution in [2.24, 2.45) is 0 Å². The van der Waals surface area contributed by atoms with Crippen molar-refractivity contribution in [2.75, 3.05) is 13.6 Å². The van der Waals surface area contributed by atoms with Crippen LogP contribution in [-0.4, -0.2) is 13.6 Å². The molecule has 0 bridgehead atoms. The van der Waals surface area contributed by atoms with Crippen LogP contribution in [-0.2, 0) is 12.6 Å². The van der Waals surface area contributed by atoms with Gasteiger partial charge in [0.15, 0.2) is 0 Å². The Morgan fingerprint density at radius 1 is 1.27 bits per heavy atom. The first kappa shape index (κ1) is 12.0. The van der Waals surface area contributed by atoms with Gasteiger partial charge in [0, 0.05) is 0 Å². The molecule has 1 N–H and O–H groups in total. The molecule has 0 heterocycles. The molecule has 84 valence electrons. The van der Waals surface area contributed by atoms with Crippen LogP contribution >= 0.6 is 0 Å². The number of benzene rings is 1. The normalized spacial score (nSPS) is 11.8. The zero-order valence-corrected chi connectivity index (χ0v) is 8.16. The van der Waals surface area contributed by atoms with Crippen LogP contribution in [0.2, 0.25) is 0 Å². The van der Waals surface area contributed by atoms with E-state index in [0.717, 1.165) is 18.2 Å². The summed E-state index contributed by atoms with van der Waals surface area (Å²) in [5.41, 5.74) is -0.728. The average molecular weight is 221 g/mol. The molecule has 1 aromatic carbocycles. The first-order valence-corrected chi connectivity index (χ1v) is 4.45. The SMILES string of the molecule is CNCCc1cc(C(F)(F)F)ccc1F. The molecule has 0 aliphatic rings. The number of hydrogen-bond donors (Lipinski definition) is 1. The summed E-state index contributed by atoms with van der Waals surface area (Å²) in [6.45, 7) is 0.443. The molecular formula is C10H11F4N. The summed E-state index contributed by atoms with van der Waals surface area (Å²) in [5.74, 6) is -0.599. The number of likely N-dealkylation sites (N-methyl/N-ethyl adjacent to an activating group) is 1. The lowest BCUT2D eigenvalue weighted by atomic mass is 10.1. The maximum absolute atomic E-state index is 13.1. The van der Waals surface area contributed by atoms with Crippen LogP contribution in [0.3, 0.4) is 0 Å². The van der Waals surface area contributed by atoms with E-state index in [0.29, 0.717) is 6.54 Å². The molecule has 0 amide bonds. The predicted octanol–water partition coefficient (Wildman–Crippen LogP) is 2.61. The fourth-order valence-electron chi connectivity index (χ4n) is 1.20. The minimum Gasteiger partial charge on any atom is -0.319 e. The van der Waals surface area contributed by atoms with E-state index in [1.54, 1.807) is 7.05 Å². The minimum absolute atomic E-state index is 0.0826. The lowest BCUT2D eigenvalue weighted by Crippen LogP contribution is -2.12. The summed E-state index contributed by atoms with van der Waals surface area (Å²) in [5, 5.41) is 2.75. The number of rotatable bonds is 3. The highest BCUT2D eigenvalue weighted by atomic mass is 19.4. The zero-order valence-electron chi connectivity index (χ0n) is 8.16. The lowest BCUT2D eigenvalue weighted by molar-refractivity contribution is -0.137. The molecule has 0 aromatic heterocycles. The molecule has 0 atom stereocenters. The highest BCUT2D eigenvalue weighted by Crippen LogP contribution is 2.30. The first-order chi connectivity index (χ1) is 6.95. The van der Waals surface area contributed by atoms with Gasteiger partial charge in [-0.05, 0) is 43.8 Å². The fraction of sp³-hybridized carbons (Fsp3) is 0.400. The Hall–Kier alpha value is -1.10. The van der Waals surface area contributed by atoms with Crippen LogP contribution in [0, 0.1) is 5.82 Å². The molecule has 0 unspecified atom stereocenters. The Labute approximate surface area is 85.1 Å². The molecule has 0 fully saturated rings. The van der Waals surface area contributed by atoms with Crippen LogP contribution in [0.15, 0.2) is 18.2 Å². The third-order valence-corrected chi connectivity index (χ3v) is 2.02. The standard InChI is InChI=1S/C10H11F4N/c1-15-5-4-7-6-8(10(12,13)14)2-3-9(7)11/h2-3,6,15H,4-5H2,1H3. The molecule has 1 rings (SSSR count). The Morgan fingerprint density at radius 2 is 1.93 bits per heavy atom. The fourth-order valence-corrected chi connectivity index (χ4v) is 1.20. The topological polar surface area (TPSA) is 12.0 Å². The molecule has 1 nitrogen and oxygen atoms in total. The lowest BCUT2D eigenvalue weighted by Gasteiger charge is -2.09. The Kier molecular flexibility index (Phi) is 3.68. The van der Waals surface area contributed by atoms with E-state index in [1.165, 1.54) is 0 Å². The third-order valence-electron chi connectivity index (χ3n) is 2.02. The van der Waals surface area contributed by atoms with Gasteiger partial charge in [-0.25, -0.2) is 4.39 Å². The summed E-state index contributed by atoms with van der Waals surface area (Å²) in [6, 6.07) is 2.46. The van der Waals surface area contributed by atoms with E-state index in [2.05, 4.69) is 5.32 Å². The van der Waals surface area contributed by atoms with Gasteiger partial charge in [0.05, 0.1) is 5.56 Å². The van der Waals surface area contributed by atoms with Crippen molar-refractivity contribution in [2.45, 2.75) is 12.6 Å². The van der Waals surface area contributed by atoms with Gasteiger partial charge in [-0.1, -0.05) is 0 Å². The smallest absolute Gasteiger partial charge is 0.319 e. The van der Waals surface area contributed by atoms with Crippen molar-refractivity contribution in [1.82, 2.24) is 5.32 Å². The summed E-state index contributed by atoms with van der Waals surface area (Å²) in [7, 11) is 1.66. The summed E-state index contributed by atoms with van der Waals surface area (Å²) >= 11 is 0. The maximum atomic E-state index is 13.1. The van der Waals surface area contributed by atoms with Crippen LogP contribution in [0.4, 0.5) is 17.6 Å². The Morgan fingerprint density at radius 3 is 2.47 bits per heavy atom. The number of hydrogen-bond acceptors (Lipinski definition) is 1. The molecule has 0 saturated heterocycles. The number of halogens is 4. The van der Waals surface area contributed by atoms with E-state index in [-0.39, 0.29) is 12.0 Å². The highest BCUT2D eigenvalue weighted by Gasteiger charge is 2.30. The van der Waals surface area contributed by atoms with Gasteiger partial charge in [0.25, 0.3) is 0 Å². The van der Waals surface area contributed by atoms with Crippen molar-refractivity contribution in [3.8, 4) is 0 Å². The van der Waals surface area contributed by atoms with Gasteiger partial charge in [0.2, 0.25) is 0 Å². The summed E-state index contributed by atoms with van der Waals surface area (Å²) in [6.07, 6.45) is -4.17. The monoisotopic (exact) mass is 221 g/mol. The number of nitrogens with one attached hydrogen (secondary N) is 1. The summed E-state index contributed by atoms with van der Waals surface area (Å²) < 4.78 is 49.9. The average Bonchev–Trinajstić information content (AvgIpc) is 2.15. The molecule has 0 saturated carbocycles. The van der Waals surface area contributed by atoms with E-state index in [1.807, 2.05) is 0 Å². The summed E-state index contributed by atoms with van der Waals surface area (Å²) in [4.78, 5) is 0. The van der Waals surface area contributed by atoms with E-state index >= 15 is 0 Å². The van der Waals surface area contributed by atoms with Crippen LogP contribution in [0.5, 0.6) is 0 Å². The quantitative estimate of drug-likeness (QED) is 0.773. The van der Waals surface area contributed by atoms with Gasteiger partial charge in [-0.15, -0.1) is 0 Å². The van der Waals surface area contributed by atoms with Crippen molar-refractivity contribution in [3.05, 3.63) is 35.1 Å². The second kappa shape index (κ2) is 4.61. The van der Waals surface area contributed by atoms with Gasteiger partial charge in [-0.3, -0.25) is 0 Å². The second-order valence-electron chi connectivity index (χ2n) is 3.16. The van der Waals surface area contributed by atoms with Gasteiger partial charge in [0.1, 0.15) is 5.82 Å². The second-order valence-corrected chi connectivity index (χ2v) is 3.16. The van der Waals surface area contributed by atoms with Gasteiger partial charge >= 0.3 is 6.18 Å². The number of alkyl halides is 3. The molecule has 0 spiro atoms. The Bertz CT molecular complexity index is 333. The van der Waals surface area contributed by atoms with Gasteiger partial charge in [-0.2, -0.15) is 13.2 Å². The molecule has 5 heteroatoms. The highest BCUT2D eigenvalue weighted by molar-refractivity contribution is 5.27. The van der Waals surface area contributed by atoms with Crippen molar-refractivity contribution < 1.29 is 17.6 Å². The molecule has 0 aliphatic carbocycles. The van der Waals surface area contributed by atoms with E-state index < -0.39 is 17.6 Å². The molecule has 15 heavy (non-hydrogen) atoms. The molecule has 1 aromatic rings. The maximum Gasteiger partial charge on any atom is 0.416 e. The van der Waals surface area contributed by atoms with Crippen LogP contribution in [0.1, 0.15) is 11.1 Å². The van der Waals surface area contributed by atoms with Gasteiger partial charge < -0.3 is 5.32 Å².